The van der Waals surface area contributed by atoms with Gasteiger partial charge in [0.15, 0.2) is 0 Å². The quantitative estimate of drug-likeness (QED) is 0.812. The van der Waals surface area contributed by atoms with Crippen LogP contribution in [-0.2, 0) is 6.54 Å². The number of nitrogens with one attached hydrogen (secondary N) is 1. The van der Waals surface area contributed by atoms with Crippen molar-refractivity contribution in [3.8, 4) is 11.5 Å². The van der Waals surface area contributed by atoms with Crippen molar-refractivity contribution >= 4 is 17.6 Å². The predicted octanol–water partition coefficient (Wildman–Crippen LogP) is 4.54. The van der Waals surface area contributed by atoms with Crippen LogP contribution in [0.5, 0.6) is 11.5 Å². The summed E-state index contributed by atoms with van der Waals surface area (Å²) >= 11 is 5.80. The summed E-state index contributed by atoms with van der Waals surface area (Å²) in [7, 11) is 3.22. The number of benzene rings is 2. The summed E-state index contributed by atoms with van der Waals surface area (Å²) in [6, 6.07) is 9.74. The van der Waals surface area contributed by atoms with E-state index in [0.717, 1.165) is 35.5 Å². The number of rotatable bonds is 5. The molecule has 1 N–H and O–H groups in total. The van der Waals surface area contributed by atoms with E-state index >= 15 is 0 Å². The largest absolute Gasteiger partial charge is 0.497 e. The second kappa shape index (κ2) is 8.48. The molecule has 2 aromatic rings. The monoisotopic (exact) mass is 392 g/mol. The number of hydrogen-bond donors (Lipinski definition) is 1. The minimum absolute atomic E-state index is 0.0434. The van der Waals surface area contributed by atoms with Gasteiger partial charge in [0.1, 0.15) is 17.3 Å². The van der Waals surface area contributed by atoms with Crippen LogP contribution in [0.3, 0.4) is 0 Å². The third kappa shape index (κ3) is 4.27. The van der Waals surface area contributed by atoms with Gasteiger partial charge in [-0.15, -0.1) is 0 Å². The molecule has 1 heterocycles. The molecule has 7 heteroatoms. The Morgan fingerprint density at radius 2 is 2.07 bits per heavy atom. The first-order valence-electron chi connectivity index (χ1n) is 8.73. The molecule has 27 heavy (non-hydrogen) atoms. The summed E-state index contributed by atoms with van der Waals surface area (Å²) in [6.07, 6.45) is 1.75. The fourth-order valence-electron chi connectivity index (χ4n) is 3.36. The number of carbonyl (C=O) groups is 1. The van der Waals surface area contributed by atoms with Crippen LogP contribution in [0.25, 0.3) is 0 Å². The van der Waals surface area contributed by atoms with E-state index in [2.05, 4.69) is 5.32 Å². The third-order valence-electron chi connectivity index (χ3n) is 4.74. The molecule has 0 bridgehead atoms. The Balaban J connectivity index is 1.74. The Morgan fingerprint density at radius 1 is 1.26 bits per heavy atom. The van der Waals surface area contributed by atoms with E-state index in [4.69, 9.17) is 21.1 Å². The number of ether oxygens (including phenoxy) is 2. The number of halogens is 2. The van der Waals surface area contributed by atoms with Crippen LogP contribution < -0.4 is 14.8 Å². The highest BCUT2D eigenvalue weighted by Crippen LogP contribution is 2.38. The molecule has 144 valence electrons. The molecule has 1 saturated heterocycles. The average molecular weight is 393 g/mol. The second-order valence-corrected chi connectivity index (χ2v) is 6.77. The highest BCUT2D eigenvalue weighted by atomic mass is 35.5. The SMILES string of the molecule is COc1ccc(OC)c(C2CCCN2C(=O)NCc2ccc(F)c(Cl)c2)c1. The number of methoxy groups -OCH3 is 2. The molecule has 1 fully saturated rings. The number of hydrogen-bond acceptors (Lipinski definition) is 3. The van der Waals surface area contributed by atoms with Gasteiger partial charge in [0, 0.05) is 18.7 Å². The molecule has 1 aliphatic rings. The van der Waals surface area contributed by atoms with Crippen LogP contribution in [0.2, 0.25) is 5.02 Å². The van der Waals surface area contributed by atoms with Crippen molar-refractivity contribution in [2.75, 3.05) is 20.8 Å². The lowest BCUT2D eigenvalue weighted by Crippen LogP contribution is -2.39. The number of urea groups is 1. The van der Waals surface area contributed by atoms with E-state index in [9.17, 15) is 9.18 Å². The van der Waals surface area contributed by atoms with Gasteiger partial charge < -0.3 is 19.7 Å². The summed E-state index contributed by atoms with van der Waals surface area (Å²) < 4.78 is 24.1. The Hall–Kier alpha value is -2.47. The molecule has 0 saturated carbocycles. The normalized spacial score (nSPS) is 16.3. The van der Waals surface area contributed by atoms with Crippen molar-refractivity contribution in [1.29, 1.82) is 0 Å². The average Bonchev–Trinajstić information content (AvgIpc) is 3.17. The zero-order valence-corrected chi connectivity index (χ0v) is 16.1. The summed E-state index contributed by atoms with van der Waals surface area (Å²) in [5, 5.41) is 2.93. The maximum Gasteiger partial charge on any atom is 0.318 e. The number of carbonyl (C=O) groups excluding carboxylic acids is 1. The van der Waals surface area contributed by atoms with E-state index in [0.29, 0.717) is 6.54 Å². The summed E-state index contributed by atoms with van der Waals surface area (Å²) in [5.41, 5.74) is 1.67. The van der Waals surface area contributed by atoms with Crippen LogP contribution >= 0.6 is 11.6 Å². The topological polar surface area (TPSA) is 50.8 Å². The van der Waals surface area contributed by atoms with Crippen LogP contribution in [0.1, 0.15) is 30.0 Å². The van der Waals surface area contributed by atoms with Gasteiger partial charge in [0.05, 0.1) is 25.3 Å². The highest BCUT2D eigenvalue weighted by molar-refractivity contribution is 6.30. The third-order valence-corrected chi connectivity index (χ3v) is 5.03. The van der Waals surface area contributed by atoms with Crippen molar-refractivity contribution in [3.63, 3.8) is 0 Å². The van der Waals surface area contributed by atoms with Crippen molar-refractivity contribution in [2.24, 2.45) is 0 Å². The molecule has 1 aliphatic heterocycles. The van der Waals surface area contributed by atoms with Crippen LogP contribution in [0, 0.1) is 5.82 Å². The smallest absolute Gasteiger partial charge is 0.318 e. The van der Waals surface area contributed by atoms with Gasteiger partial charge in [0.2, 0.25) is 0 Å². The number of amides is 2. The minimum Gasteiger partial charge on any atom is -0.497 e. The lowest BCUT2D eigenvalue weighted by Gasteiger charge is -2.27. The zero-order valence-electron chi connectivity index (χ0n) is 15.3. The van der Waals surface area contributed by atoms with E-state index in [1.165, 1.54) is 12.1 Å². The fraction of sp³-hybridized carbons (Fsp3) is 0.350. The van der Waals surface area contributed by atoms with Gasteiger partial charge in [-0.2, -0.15) is 0 Å². The van der Waals surface area contributed by atoms with Crippen molar-refractivity contribution in [3.05, 3.63) is 58.4 Å². The summed E-state index contributed by atoms with van der Waals surface area (Å²) in [6.45, 7) is 0.929. The molecular weight excluding hydrogens is 371 g/mol. The second-order valence-electron chi connectivity index (χ2n) is 6.37. The molecule has 5 nitrogen and oxygen atoms in total. The van der Waals surface area contributed by atoms with Crippen molar-refractivity contribution in [2.45, 2.75) is 25.4 Å². The lowest BCUT2D eigenvalue weighted by molar-refractivity contribution is 0.191. The van der Waals surface area contributed by atoms with Crippen LogP contribution in [0.15, 0.2) is 36.4 Å². The molecular formula is C20H22ClFN2O3. The molecule has 0 radical (unpaired) electrons. The lowest BCUT2D eigenvalue weighted by atomic mass is 10.0. The van der Waals surface area contributed by atoms with Crippen molar-refractivity contribution < 1.29 is 18.7 Å². The number of nitrogens with zero attached hydrogens (tertiary/aromatic N) is 1. The van der Waals surface area contributed by atoms with Crippen LogP contribution in [0.4, 0.5) is 9.18 Å². The molecule has 0 spiro atoms. The Morgan fingerprint density at radius 3 is 2.78 bits per heavy atom. The molecule has 0 aromatic heterocycles. The van der Waals surface area contributed by atoms with Gasteiger partial charge in [-0.25, -0.2) is 9.18 Å². The molecule has 2 aromatic carbocycles. The predicted molar refractivity (Wildman–Crippen MR) is 102 cm³/mol. The van der Waals surface area contributed by atoms with Gasteiger partial charge in [-0.05, 0) is 48.7 Å². The molecule has 1 unspecified atom stereocenters. The van der Waals surface area contributed by atoms with E-state index in [-0.39, 0.29) is 23.6 Å². The summed E-state index contributed by atoms with van der Waals surface area (Å²) in [5.74, 6) is 0.973. The minimum atomic E-state index is -0.475. The maximum atomic E-state index is 13.3. The molecule has 1 atom stereocenters. The summed E-state index contributed by atoms with van der Waals surface area (Å²) in [4.78, 5) is 14.5. The first-order chi connectivity index (χ1) is 13.0. The van der Waals surface area contributed by atoms with E-state index in [1.54, 1.807) is 25.2 Å². The van der Waals surface area contributed by atoms with Gasteiger partial charge in [-0.1, -0.05) is 17.7 Å². The van der Waals surface area contributed by atoms with E-state index < -0.39 is 5.82 Å². The maximum absolute atomic E-state index is 13.3. The first kappa shape index (κ1) is 19.3. The van der Waals surface area contributed by atoms with Crippen LogP contribution in [-0.4, -0.2) is 31.7 Å². The van der Waals surface area contributed by atoms with Gasteiger partial charge in [0.25, 0.3) is 0 Å². The zero-order chi connectivity index (χ0) is 19.4. The first-order valence-corrected chi connectivity index (χ1v) is 9.11. The molecule has 0 aliphatic carbocycles. The number of likely N-dealkylation sites (tertiary alicyclic amines) is 1. The highest BCUT2D eigenvalue weighted by Gasteiger charge is 2.32. The molecule has 3 rings (SSSR count). The Labute approximate surface area is 163 Å². The fourth-order valence-corrected chi connectivity index (χ4v) is 3.56. The van der Waals surface area contributed by atoms with Gasteiger partial charge >= 0.3 is 6.03 Å². The van der Waals surface area contributed by atoms with E-state index in [1.807, 2.05) is 18.2 Å². The standard InChI is InChI=1S/C20H22ClFN2O3/c1-26-14-6-8-19(27-2)15(11-14)18-4-3-9-24(18)20(25)23-12-13-5-7-17(22)16(21)10-13/h5-8,10-11,18H,3-4,9,12H2,1-2H3,(H,23,25). The Kier molecular flexibility index (Phi) is 6.06. The Bertz CT molecular complexity index is 831. The van der Waals surface area contributed by atoms with Gasteiger partial charge in [-0.3, -0.25) is 0 Å². The molecule has 2 amide bonds. The van der Waals surface area contributed by atoms with Crippen molar-refractivity contribution in [1.82, 2.24) is 10.2 Å².